The van der Waals surface area contributed by atoms with Crippen LogP contribution < -0.4 is 10.1 Å². The van der Waals surface area contributed by atoms with Crippen molar-refractivity contribution in [3.8, 4) is 5.88 Å². The zero-order valence-corrected chi connectivity index (χ0v) is 19.4. The van der Waals surface area contributed by atoms with Gasteiger partial charge in [0.25, 0.3) is 5.88 Å². The second-order valence-corrected chi connectivity index (χ2v) is 10.6. The van der Waals surface area contributed by atoms with Crippen LogP contribution in [0.2, 0.25) is 0 Å². The second kappa shape index (κ2) is 10.1. The summed E-state index contributed by atoms with van der Waals surface area (Å²) in [6.07, 6.45) is 5.28. The number of sulfone groups is 1. The highest BCUT2D eigenvalue weighted by molar-refractivity contribution is 7.90. The Morgan fingerprint density at radius 1 is 1.21 bits per heavy atom. The summed E-state index contributed by atoms with van der Waals surface area (Å²) in [6, 6.07) is 9.42. The van der Waals surface area contributed by atoms with Crippen molar-refractivity contribution >= 4 is 21.6 Å². The van der Waals surface area contributed by atoms with Crippen LogP contribution in [0.1, 0.15) is 37.3 Å². The molecule has 1 saturated carbocycles. The van der Waals surface area contributed by atoms with Crippen LogP contribution in [0, 0.1) is 0 Å². The predicted molar refractivity (Wildman–Crippen MR) is 120 cm³/mol. The maximum Gasteiger partial charge on any atom is 0.412 e. The number of anilines is 1. The fourth-order valence-corrected chi connectivity index (χ4v) is 4.39. The standard InChI is InChI=1S/C22H29N3O7S/c1-33(27,28)14-13-29-20-19(23-21(26)30-16-17-5-3-2-4-6-17)15-25(24-20)18-7-9-22(10-8-18)31-11-12-32-22/h2-6,15,18H,7-14,16H2,1H3,(H,23,26). The Balaban J connectivity index is 1.42. The zero-order chi connectivity index (χ0) is 23.3. The molecule has 4 rings (SSSR count). The van der Waals surface area contributed by atoms with E-state index >= 15 is 0 Å². The lowest BCUT2D eigenvalue weighted by molar-refractivity contribution is -0.181. The molecule has 0 unspecified atom stereocenters. The van der Waals surface area contributed by atoms with E-state index in [1.807, 2.05) is 30.3 Å². The van der Waals surface area contributed by atoms with E-state index in [4.69, 9.17) is 18.9 Å². The summed E-state index contributed by atoms with van der Waals surface area (Å²) in [5.41, 5.74) is 1.19. The highest BCUT2D eigenvalue weighted by atomic mass is 32.2. The third-order valence-electron chi connectivity index (χ3n) is 5.75. The van der Waals surface area contributed by atoms with Crippen molar-refractivity contribution in [1.82, 2.24) is 9.78 Å². The van der Waals surface area contributed by atoms with Crippen molar-refractivity contribution in [2.24, 2.45) is 0 Å². The molecule has 0 radical (unpaired) electrons. The molecule has 1 N–H and O–H groups in total. The number of carbonyl (C=O) groups excluding carboxylic acids is 1. The number of benzene rings is 1. The van der Waals surface area contributed by atoms with Gasteiger partial charge in [-0.05, 0) is 18.4 Å². The first-order valence-corrected chi connectivity index (χ1v) is 13.0. The van der Waals surface area contributed by atoms with Crippen LogP contribution in [0.25, 0.3) is 0 Å². The quantitative estimate of drug-likeness (QED) is 0.614. The van der Waals surface area contributed by atoms with E-state index in [1.54, 1.807) is 10.9 Å². The van der Waals surface area contributed by atoms with Gasteiger partial charge in [-0.15, -0.1) is 5.10 Å². The number of carbonyl (C=O) groups is 1. The van der Waals surface area contributed by atoms with Crippen LogP contribution >= 0.6 is 0 Å². The average molecular weight is 480 g/mol. The molecule has 1 aromatic heterocycles. The van der Waals surface area contributed by atoms with E-state index in [0.29, 0.717) is 18.9 Å². The van der Waals surface area contributed by atoms with E-state index in [-0.39, 0.29) is 30.9 Å². The number of rotatable bonds is 8. The topological polar surface area (TPSA) is 118 Å². The molecule has 2 fully saturated rings. The molecule has 33 heavy (non-hydrogen) atoms. The molecule has 1 amide bonds. The van der Waals surface area contributed by atoms with Crippen molar-refractivity contribution < 1.29 is 32.2 Å². The van der Waals surface area contributed by atoms with Gasteiger partial charge < -0.3 is 18.9 Å². The van der Waals surface area contributed by atoms with Crippen LogP contribution in [0.4, 0.5) is 10.5 Å². The minimum Gasteiger partial charge on any atom is -0.474 e. The largest absolute Gasteiger partial charge is 0.474 e. The molecule has 1 aromatic carbocycles. The molecule has 1 aliphatic heterocycles. The summed E-state index contributed by atoms with van der Waals surface area (Å²) in [7, 11) is -3.20. The molecule has 1 spiro atoms. The minimum absolute atomic E-state index is 0.0704. The third kappa shape index (κ3) is 6.46. The van der Waals surface area contributed by atoms with E-state index < -0.39 is 21.7 Å². The van der Waals surface area contributed by atoms with Gasteiger partial charge in [0.2, 0.25) is 0 Å². The number of ether oxygens (including phenoxy) is 4. The Kier molecular flexibility index (Phi) is 7.20. The molecule has 2 heterocycles. The van der Waals surface area contributed by atoms with Crippen LogP contribution in [0.3, 0.4) is 0 Å². The zero-order valence-electron chi connectivity index (χ0n) is 18.6. The summed E-state index contributed by atoms with van der Waals surface area (Å²) < 4.78 is 47.2. The minimum atomic E-state index is -3.20. The van der Waals surface area contributed by atoms with E-state index in [2.05, 4.69) is 10.4 Å². The molecule has 2 aromatic rings. The molecule has 180 valence electrons. The first-order valence-electron chi connectivity index (χ1n) is 11.0. The van der Waals surface area contributed by atoms with Gasteiger partial charge in [0.05, 0.1) is 31.2 Å². The molecule has 11 heteroatoms. The fraction of sp³-hybridized carbons (Fsp3) is 0.545. The van der Waals surface area contributed by atoms with Gasteiger partial charge in [0.15, 0.2) is 15.6 Å². The van der Waals surface area contributed by atoms with Crippen molar-refractivity contribution in [3.05, 3.63) is 42.1 Å². The molecule has 2 aliphatic rings. The molecule has 10 nitrogen and oxygen atoms in total. The summed E-state index contributed by atoms with van der Waals surface area (Å²) >= 11 is 0. The van der Waals surface area contributed by atoms with Gasteiger partial charge in [-0.3, -0.25) is 10.00 Å². The monoisotopic (exact) mass is 479 g/mol. The van der Waals surface area contributed by atoms with E-state index in [1.165, 1.54) is 0 Å². The third-order valence-corrected chi connectivity index (χ3v) is 6.65. The SMILES string of the molecule is CS(=O)(=O)CCOc1nn(C2CCC3(CC2)OCCO3)cc1NC(=O)OCc1ccccc1. The summed E-state index contributed by atoms with van der Waals surface area (Å²) in [5.74, 6) is -0.483. The van der Waals surface area contributed by atoms with Crippen LogP contribution in [0.5, 0.6) is 5.88 Å². The normalized spacial score (nSPS) is 18.3. The lowest BCUT2D eigenvalue weighted by Gasteiger charge is -2.35. The summed E-state index contributed by atoms with van der Waals surface area (Å²) in [6.45, 7) is 1.28. The van der Waals surface area contributed by atoms with E-state index in [9.17, 15) is 13.2 Å². The molecule has 1 aliphatic carbocycles. The smallest absolute Gasteiger partial charge is 0.412 e. The van der Waals surface area contributed by atoms with Crippen LogP contribution in [-0.4, -0.2) is 61.9 Å². The number of hydrogen-bond acceptors (Lipinski definition) is 8. The number of nitrogens with one attached hydrogen (secondary N) is 1. The van der Waals surface area contributed by atoms with Crippen molar-refractivity contribution in [2.75, 3.05) is 37.1 Å². The Morgan fingerprint density at radius 2 is 1.91 bits per heavy atom. The van der Waals surface area contributed by atoms with Gasteiger partial charge in [0, 0.05) is 19.1 Å². The molecule has 0 atom stereocenters. The molecule has 1 saturated heterocycles. The number of hydrogen-bond donors (Lipinski definition) is 1. The average Bonchev–Trinajstić information content (AvgIpc) is 3.40. The Labute approximate surface area is 193 Å². The molecule has 0 bridgehead atoms. The maximum atomic E-state index is 12.4. The second-order valence-electron chi connectivity index (χ2n) is 8.33. The van der Waals surface area contributed by atoms with Crippen LogP contribution in [0.15, 0.2) is 36.5 Å². The Bertz CT molecular complexity index is 1040. The lowest BCUT2D eigenvalue weighted by atomic mass is 9.90. The highest BCUT2D eigenvalue weighted by Gasteiger charge is 2.41. The van der Waals surface area contributed by atoms with Gasteiger partial charge in [-0.2, -0.15) is 0 Å². The number of amides is 1. The van der Waals surface area contributed by atoms with Crippen molar-refractivity contribution in [2.45, 2.75) is 44.1 Å². The first kappa shape index (κ1) is 23.5. The van der Waals surface area contributed by atoms with Gasteiger partial charge in [0.1, 0.15) is 18.9 Å². The lowest BCUT2D eigenvalue weighted by Crippen LogP contribution is -2.35. The Morgan fingerprint density at radius 3 is 2.58 bits per heavy atom. The van der Waals surface area contributed by atoms with Gasteiger partial charge in [-0.1, -0.05) is 30.3 Å². The molecular formula is C22H29N3O7S. The summed E-state index contributed by atoms with van der Waals surface area (Å²) in [5, 5.41) is 7.16. The van der Waals surface area contributed by atoms with E-state index in [0.717, 1.165) is 37.5 Å². The Hall–Kier alpha value is -2.63. The number of aromatic nitrogens is 2. The molecular weight excluding hydrogens is 450 g/mol. The first-order chi connectivity index (χ1) is 15.8. The van der Waals surface area contributed by atoms with Crippen molar-refractivity contribution in [1.29, 1.82) is 0 Å². The van der Waals surface area contributed by atoms with Crippen molar-refractivity contribution in [3.63, 3.8) is 0 Å². The summed E-state index contributed by atoms with van der Waals surface area (Å²) in [4.78, 5) is 12.4. The van der Waals surface area contributed by atoms with Gasteiger partial charge in [-0.25, -0.2) is 13.2 Å². The van der Waals surface area contributed by atoms with Crippen LogP contribution in [-0.2, 0) is 30.7 Å². The maximum absolute atomic E-state index is 12.4. The highest BCUT2D eigenvalue weighted by Crippen LogP contribution is 2.41. The fourth-order valence-electron chi connectivity index (χ4n) is 4.01. The predicted octanol–water partition coefficient (Wildman–Crippen LogP) is 2.91. The number of nitrogens with zero attached hydrogens (tertiary/aromatic N) is 2. The van der Waals surface area contributed by atoms with Gasteiger partial charge >= 0.3 is 6.09 Å².